The van der Waals surface area contributed by atoms with Gasteiger partial charge in [-0.2, -0.15) is 0 Å². The molecule has 0 aliphatic heterocycles. The maximum absolute atomic E-state index is 8.03. The molecule has 0 saturated carbocycles. The first kappa shape index (κ1) is 13.5. The fraction of sp³-hybridized carbons (Fsp3) is 0.500. The largest absolute Gasteiger partial charge is 0.379 e. The molecule has 5 heteroatoms. The second-order valence-corrected chi connectivity index (χ2v) is 3.41. The Morgan fingerprint density at radius 3 is 2.41 bits per heavy atom. The number of nitrogens with zero attached hydrogens (tertiary/aromatic N) is 3. The Hall–Kier alpha value is -1.55. The molecule has 0 aliphatic rings. The minimum absolute atomic E-state index is 0.376. The highest BCUT2D eigenvalue weighted by Crippen LogP contribution is 1.99. The van der Waals surface area contributed by atoms with Gasteiger partial charge in [-0.1, -0.05) is 35.4 Å². The molecule has 5 nitrogen and oxygen atoms in total. The fourth-order valence-electron chi connectivity index (χ4n) is 1.31. The van der Waals surface area contributed by atoms with E-state index in [4.69, 9.17) is 15.0 Å². The summed E-state index contributed by atoms with van der Waals surface area (Å²) in [4.78, 5) is 2.63. The zero-order chi connectivity index (χ0) is 12.2. The highest BCUT2D eigenvalue weighted by Gasteiger charge is 1.92. The number of hydrogen-bond acceptors (Lipinski definition) is 3. The summed E-state index contributed by atoms with van der Waals surface area (Å²) in [6.45, 7) is 2.63. The minimum atomic E-state index is 0.376. The van der Waals surface area contributed by atoms with Crippen LogP contribution in [-0.4, -0.2) is 33.0 Å². The maximum atomic E-state index is 8.03. The molecule has 0 fully saturated rings. The first-order valence-corrected chi connectivity index (χ1v) is 5.64. The van der Waals surface area contributed by atoms with Gasteiger partial charge in [0.2, 0.25) is 0 Å². The lowest BCUT2D eigenvalue weighted by Crippen LogP contribution is -2.08. The van der Waals surface area contributed by atoms with Crippen molar-refractivity contribution in [2.45, 2.75) is 6.42 Å². The van der Waals surface area contributed by atoms with Crippen molar-refractivity contribution in [3.63, 3.8) is 0 Å². The van der Waals surface area contributed by atoms with Crippen molar-refractivity contribution < 1.29 is 9.47 Å². The Morgan fingerprint density at radius 2 is 1.71 bits per heavy atom. The molecule has 1 aromatic rings. The molecule has 0 bridgehead atoms. The topological polar surface area (TPSA) is 67.2 Å². The molecule has 0 aliphatic carbocycles. The van der Waals surface area contributed by atoms with E-state index in [0.717, 1.165) is 6.42 Å². The minimum Gasteiger partial charge on any atom is -0.379 e. The Balaban J connectivity index is 1.89. The molecule has 0 aromatic heterocycles. The van der Waals surface area contributed by atoms with E-state index in [1.807, 2.05) is 18.2 Å². The molecular weight excluding hydrogens is 218 g/mol. The number of benzene rings is 1. The van der Waals surface area contributed by atoms with Gasteiger partial charge in [-0.3, -0.25) is 0 Å². The van der Waals surface area contributed by atoms with Crippen LogP contribution in [-0.2, 0) is 15.9 Å². The molecule has 0 spiro atoms. The van der Waals surface area contributed by atoms with Crippen molar-refractivity contribution in [3.05, 3.63) is 46.3 Å². The first-order valence-electron chi connectivity index (χ1n) is 5.64. The maximum Gasteiger partial charge on any atom is 0.0700 e. The molecule has 92 valence electrons. The average molecular weight is 235 g/mol. The summed E-state index contributed by atoms with van der Waals surface area (Å²) in [6.07, 6.45) is 0.916. The van der Waals surface area contributed by atoms with Crippen LogP contribution in [0.25, 0.3) is 10.4 Å². The standard InChI is InChI=1S/C12H17N3O2/c13-15-14-7-9-17-11-10-16-8-6-12-4-2-1-3-5-12/h1-5H,6-11H2. The lowest BCUT2D eigenvalue weighted by atomic mass is 10.2. The van der Waals surface area contributed by atoms with Crippen molar-refractivity contribution in [1.82, 2.24) is 0 Å². The molecule has 1 rings (SSSR count). The van der Waals surface area contributed by atoms with Gasteiger partial charge in [-0.25, -0.2) is 0 Å². The molecule has 0 atom stereocenters. The summed E-state index contributed by atoms with van der Waals surface area (Å²) >= 11 is 0. The highest BCUT2D eigenvalue weighted by molar-refractivity contribution is 5.14. The molecule has 0 heterocycles. The lowest BCUT2D eigenvalue weighted by Gasteiger charge is -2.04. The van der Waals surface area contributed by atoms with Crippen LogP contribution in [0.4, 0.5) is 0 Å². The Morgan fingerprint density at radius 1 is 1.00 bits per heavy atom. The molecular formula is C12H17N3O2. The summed E-state index contributed by atoms with van der Waals surface area (Å²) in [5.41, 5.74) is 9.30. The predicted molar refractivity (Wildman–Crippen MR) is 65.8 cm³/mol. The number of ether oxygens (including phenoxy) is 2. The Labute approximate surface area is 101 Å². The van der Waals surface area contributed by atoms with Crippen LogP contribution in [0.15, 0.2) is 35.4 Å². The van der Waals surface area contributed by atoms with Crippen molar-refractivity contribution in [2.24, 2.45) is 5.11 Å². The summed E-state index contributed by atoms with van der Waals surface area (Å²) in [7, 11) is 0. The third-order valence-corrected chi connectivity index (χ3v) is 2.15. The van der Waals surface area contributed by atoms with Gasteiger partial charge >= 0.3 is 0 Å². The van der Waals surface area contributed by atoms with Gasteiger partial charge in [0.05, 0.1) is 26.4 Å². The van der Waals surface area contributed by atoms with Gasteiger partial charge in [-0.15, -0.1) is 0 Å². The fourth-order valence-corrected chi connectivity index (χ4v) is 1.31. The summed E-state index contributed by atoms with van der Waals surface area (Å²) in [5.74, 6) is 0. The van der Waals surface area contributed by atoms with Crippen LogP contribution in [0.1, 0.15) is 5.56 Å². The van der Waals surface area contributed by atoms with E-state index in [2.05, 4.69) is 22.2 Å². The van der Waals surface area contributed by atoms with Gasteiger partial charge in [0, 0.05) is 11.5 Å². The van der Waals surface area contributed by atoms with Crippen LogP contribution < -0.4 is 0 Å². The van der Waals surface area contributed by atoms with Gasteiger partial charge in [0.25, 0.3) is 0 Å². The smallest absolute Gasteiger partial charge is 0.0700 e. The third kappa shape index (κ3) is 7.36. The zero-order valence-corrected chi connectivity index (χ0v) is 9.79. The van der Waals surface area contributed by atoms with Crippen LogP contribution in [0.3, 0.4) is 0 Å². The van der Waals surface area contributed by atoms with Gasteiger partial charge in [0.1, 0.15) is 0 Å². The molecule has 0 N–H and O–H groups in total. The molecule has 0 saturated heterocycles. The molecule has 0 amide bonds. The van der Waals surface area contributed by atoms with E-state index in [1.165, 1.54) is 5.56 Å². The predicted octanol–water partition coefficient (Wildman–Crippen LogP) is 2.57. The van der Waals surface area contributed by atoms with Crippen molar-refractivity contribution >= 4 is 0 Å². The van der Waals surface area contributed by atoms with E-state index in [1.54, 1.807) is 0 Å². The number of hydrogen-bond donors (Lipinski definition) is 0. The quantitative estimate of drug-likeness (QED) is 0.286. The van der Waals surface area contributed by atoms with Gasteiger partial charge < -0.3 is 9.47 Å². The third-order valence-electron chi connectivity index (χ3n) is 2.15. The summed E-state index contributed by atoms with van der Waals surface area (Å²) in [5, 5.41) is 3.36. The van der Waals surface area contributed by atoms with E-state index in [0.29, 0.717) is 33.0 Å². The lowest BCUT2D eigenvalue weighted by molar-refractivity contribution is 0.0520. The van der Waals surface area contributed by atoms with Crippen molar-refractivity contribution in [1.29, 1.82) is 0 Å². The van der Waals surface area contributed by atoms with E-state index >= 15 is 0 Å². The van der Waals surface area contributed by atoms with Crippen LogP contribution in [0, 0.1) is 0 Å². The SMILES string of the molecule is [N-]=[N+]=NCCOCCOCCc1ccccc1. The van der Waals surface area contributed by atoms with Crippen LogP contribution >= 0.6 is 0 Å². The summed E-state index contributed by atoms with van der Waals surface area (Å²) in [6, 6.07) is 10.2. The monoisotopic (exact) mass is 235 g/mol. The highest BCUT2D eigenvalue weighted by atomic mass is 16.5. The number of azide groups is 1. The molecule has 0 radical (unpaired) electrons. The number of rotatable bonds is 9. The average Bonchev–Trinajstić information content (AvgIpc) is 2.38. The first-order chi connectivity index (χ1) is 8.43. The van der Waals surface area contributed by atoms with Crippen molar-refractivity contribution in [2.75, 3.05) is 33.0 Å². The molecule has 0 unspecified atom stereocenters. The van der Waals surface area contributed by atoms with Crippen LogP contribution in [0.5, 0.6) is 0 Å². The van der Waals surface area contributed by atoms with Crippen molar-refractivity contribution in [3.8, 4) is 0 Å². The van der Waals surface area contributed by atoms with Crippen LogP contribution in [0.2, 0.25) is 0 Å². The molecule has 17 heavy (non-hydrogen) atoms. The van der Waals surface area contributed by atoms with Gasteiger partial charge in [-0.05, 0) is 17.5 Å². The normalized spacial score (nSPS) is 9.88. The molecule has 1 aromatic carbocycles. The van der Waals surface area contributed by atoms with Gasteiger partial charge in [0.15, 0.2) is 0 Å². The summed E-state index contributed by atoms with van der Waals surface area (Å²) < 4.78 is 10.6. The second-order valence-electron chi connectivity index (χ2n) is 3.41. The zero-order valence-electron chi connectivity index (χ0n) is 9.79. The Bertz CT molecular complexity index is 337. The second kappa shape index (κ2) is 9.66. The Kier molecular flexibility index (Phi) is 7.68. The van der Waals surface area contributed by atoms with E-state index in [9.17, 15) is 0 Å². The van der Waals surface area contributed by atoms with E-state index in [-0.39, 0.29) is 0 Å². The van der Waals surface area contributed by atoms with E-state index < -0.39 is 0 Å².